The molecule has 0 bridgehead atoms. The number of anilines is 1. The predicted molar refractivity (Wildman–Crippen MR) is 152 cm³/mol. The van der Waals surface area contributed by atoms with Crippen LogP contribution in [0.5, 0.6) is 0 Å². The number of halogens is 2. The van der Waals surface area contributed by atoms with E-state index in [0.29, 0.717) is 16.7 Å². The molecule has 2 aromatic carbocycles. The summed E-state index contributed by atoms with van der Waals surface area (Å²) in [4.78, 5) is 30.6. The Kier molecular flexibility index (Phi) is 9.94. The lowest BCUT2D eigenvalue weighted by molar-refractivity contribution is -0.148. The van der Waals surface area contributed by atoms with Crippen molar-refractivity contribution in [1.82, 2.24) is 4.90 Å². The molecule has 0 aromatic heterocycles. The fraction of sp³-hybridized carbons (Fsp3) is 0.407. The third-order valence-corrected chi connectivity index (χ3v) is 9.33. The summed E-state index contributed by atoms with van der Waals surface area (Å²) < 4.78 is 5.18. The van der Waals surface area contributed by atoms with Crippen molar-refractivity contribution in [2.75, 3.05) is 49.2 Å². The lowest BCUT2D eigenvalue weighted by Gasteiger charge is -2.32. The second-order valence-corrected chi connectivity index (χ2v) is 11.8. The Morgan fingerprint density at radius 1 is 1.08 bits per heavy atom. The van der Waals surface area contributed by atoms with Gasteiger partial charge < -0.3 is 14.5 Å². The zero-order valence-corrected chi connectivity index (χ0v) is 23.4. The number of carbonyl (C=O) groups excluding carboxylic acids is 2. The molecular weight excluding hydrogens is 535 g/mol. The Morgan fingerprint density at radius 2 is 1.83 bits per heavy atom. The molecule has 0 unspecified atom stereocenters. The van der Waals surface area contributed by atoms with Gasteiger partial charge in [-0.25, -0.2) is 0 Å². The van der Waals surface area contributed by atoms with Gasteiger partial charge in [0.25, 0.3) is 0 Å². The van der Waals surface area contributed by atoms with Gasteiger partial charge in [-0.3, -0.25) is 9.59 Å². The molecule has 0 atom stereocenters. The van der Waals surface area contributed by atoms with Crippen LogP contribution in [-0.2, 0) is 14.3 Å². The van der Waals surface area contributed by atoms with E-state index in [4.69, 9.17) is 27.9 Å². The maximum absolute atomic E-state index is 12.4. The number of benzene rings is 2. The zero-order chi connectivity index (χ0) is 25.5. The molecule has 0 radical (unpaired) electrons. The number of hydrogen-bond acceptors (Lipinski definition) is 6. The van der Waals surface area contributed by atoms with Crippen LogP contribution in [0.3, 0.4) is 0 Å². The van der Waals surface area contributed by atoms with Crippen molar-refractivity contribution >= 4 is 70.4 Å². The second kappa shape index (κ2) is 13.1. The molecule has 0 saturated carbocycles. The minimum atomic E-state index is -0.0822. The Bertz CT molecular complexity index is 1110. The van der Waals surface area contributed by atoms with Gasteiger partial charge in [0.05, 0.1) is 22.6 Å². The first-order valence-electron chi connectivity index (χ1n) is 12.2. The Labute approximate surface area is 231 Å². The summed E-state index contributed by atoms with van der Waals surface area (Å²) in [6.07, 6.45) is 4.92. The highest BCUT2D eigenvalue weighted by Crippen LogP contribution is 2.40. The highest BCUT2D eigenvalue weighted by molar-refractivity contribution is 7.99. The van der Waals surface area contributed by atoms with E-state index in [0.717, 1.165) is 71.6 Å². The summed E-state index contributed by atoms with van der Waals surface area (Å²) in [5.74, 6) is 1.86. The fourth-order valence-corrected chi connectivity index (χ4v) is 6.69. The van der Waals surface area contributed by atoms with Crippen LogP contribution in [0.2, 0.25) is 10.0 Å². The van der Waals surface area contributed by atoms with E-state index in [1.54, 1.807) is 23.9 Å². The summed E-state index contributed by atoms with van der Waals surface area (Å²) in [6.45, 7) is 5.47. The smallest absolute Gasteiger partial charge is 0.309 e. The molecule has 0 N–H and O–H groups in total. The molecule has 1 amide bonds. The van der Waals surface area contributed by atoms with E-state index in [1.165, 1.54) is 0 Å². The van der Waals surface area contributed by atoms with Crippen molar-refractivity contribution in [3.05, 3.63) is 58.1 Å². The van der Waals surface area contributed by atoms with Crippen LogP contribution >= 0.6 is 46.7 Å². The van der Waals surface area contributed by atoms with E-state index in [2.05, 4.69) is 17.0 Å². The normalized spacial score (nSPS) is 17.0. The van der Waals surface area contributed by atoms with Gasteiger partial charge in [0.1, 0.15) is 0 Å². The average Bonchev–Trinajstić information content (AvgIpc) is 2.91. The highest BCUT2D eigenvalue weighted by atomic mass is 35.5. The van der Waals surface area contributed by atoms with Gasteiger partial charge in [-0.05, 0) is 55.7 Å². The molecule has 36 heavy (non-hydrogen) atoms. The maximum atomic E-state index is 12.4. The Hall–Kier alpha value is -1.80. The molecule has 2 aliphatic heterocycles. The number of amides is 1. The lowest BCUT2D eigenvalue weighted by atomic mass is 9.96. The monoisotopic (exact) mass is 564 g/mol. The topological polar surface area (TPSA) is 49.9 Å². The molecule has 5 nitrogen and oxygen atoms in total. The molecule has 2 heterocycles. The van der Waals surface area contributed by atoms with Gasteiger partial charge in [-0.1, -0.05) is 47.1 Å². The van der Waals surface area contributed by atoms with Crippen LogP contribution in [0.15, 0.2) is 52.3 Å². The molecule has 192 valence electrons. The van der Waals surface area contributed by atoms with Crippen LogP contribution in [0.25, 0.3) is 6.08 Å². The third kappa shape index (κ3) is 6.94. The molecule has 9 heteroatoms. The van der Waals surface area contributed by atoms with Crippen LogP contribution in [0.1, 0.15) is 25.3 Å². The van der Waals surface area contributed by atoms with Crippen LogP contribution in [-0.4, -0.2) is 61.1 Å². The van der Waals surface area contributed by atoms with Crippen molar-refractivity contribution in [3.8, 4) is 0 Å². The second-order valence-electron chi connectivity index (χ2n) is 8.66. The lowest BCUT2D eigenvalue weighted by Crippen LogP contribution is -2.36. The average molecular weight is 566 g/mol. The minimum absolute atomic E-state index is 0.00375. The van der Waals surface area contributed by atoms with E-state index in [9.17, 15) is 9.59 Å². The third-order valence-electron chi connectivity index (χ3n) is 6.33. The minimum Gasteiger partial charge on any atom is -0.466 e. The number of rotatable bonds is 7. The summed E-state index contributed by atoms with van der Waals surface area (Å²) >= 11 is 16.6. The summed E-state index contributed by atoms with van der Waals surface area (Å²) in [5, 5.41) is 0.920. The van der Waals surface area contributed by atoms with E-state index < -0.39 is 0 Å². The summed E-state index contributed by atoms with van der Waals surface area (Å²) in [6, 6.07) is 12.2. The van der Waals surface area contributed by atoms with Gasteiger partial charge in [-0.15, -0.1) is 0 Å². The van der Waals surface area contributed by atoms with Crippen molar-refractivity contribution in [1.29, 1.82) is 0 Å². The molecule has 2 fully saturated rings. The number of thioether (sulfide) groups is 1. The Balaban J connectivity index is 1.40. The number of hydrogen-bond donors (Lipinski definition) is 0. The van der Waals surface area contributed by atoms with Crippen LogP contribution in [0.4, 0.5) is 5.69 Å². The standard InChI is InChI=1S/C27H30Cl2N2O3S2/c1-2-34-27(33)20-10-12-30(13-11-20)21-4-3-5-22(18-21)36-23-8-6-19(25(28)26(23)29)7-9-24(32)31-14-16-35-17-15-31/h3-9,18,20H,2,10-17H2,1H3. The van der Waals surface area contributed by atoms with Crippen LogP contribution in [0, 0.1) is 5.92 Å². The predicted octanol–water partition coefficient (Wildman–Crippen LogP) is 6.51. The van der Waals surface area contributed by atoms with Crippen molar-refractivity contribution in [2.24, 2.45) is 5.92 Å². The van der Waals surface area contributed by atoms with Gasteiger partial charge >= 0.3 is 5.97 Å². The van der Waals surface area contributed by atoms with Crippen molar-refractivity contribution in [2.45, 2.75) is 29.6 Å². The van der Waals surface area contributed by atoms with Gasteiger partial charge in [0, 0.05) is 59.2 Å². The number of nitrogens with zero attached hydrogens (tertiary/aromatic N) is 2. The highest BCUT2D eigenvalue weighted by Gasteiger charge is 2.26. The summed E-state index contributed by atoms with van der Waals surface area (Å²) in [7, 11) is 0. The first-order chi connectivity index (χ1) is 17.5. The van der Waals surface area contributed by atoms with E-state index in [1.807, 2.05) is 47.9 Å². The zero-order valence-electron chi connectivity index (χ0n) is 20.3. The number of ether oxygens (including phenoxy) is 1. The molecule has 0 spiro atoms. The van der Waals surface area contributed by atoms with Gasteiger partial charge in [-0.2, -0.15) is 11.8 Å². The summed E-state index contributed by atoms with van der Waals surface area (Å²) in [5.41, 5.74) is 1.85. The van der Waals surface area contributed by atoms with Gasteiger partial charge in [0.2, 0.25) is 5.91 Å². The fourth-order valence-electron chi connectivity index (χ4n) is 4.31. The van der Waals surface area contributed by atoms with Gasteiger partial charge in [0.15, 0.2) is 0 Å². The Morgan fingerprint density at radius 3 is 2.56 bits per heavy atom. The van der Waals surface area contributed by atoms with Crippen molar-refractivity contribution < 1.29 is 14.3 Å². The maximum Gasteiger partial charge on any atom is 0.309 e. The first-order valence-corrected chi connectivity index (χ1v) is 14.9. The molecule has 0 aliphatic carbocycles. The SMILES string of the molecule is CCOC(=O)C1CCN(c2cccc(Sc3ccc(C=CC(=O)N4CCSCC4)c(Cl)c3Cl)c2)CC1. The number of carbonyl (C=O) groups is 2. The quantitative estimate of drug-likeness (QED) is 0.282. The first kappa shape index (κ1) is 27.2. The van der Waals surface area contributed by atoms with E-state index in [-0.39, 0.29) is 17.8 Å². The largest absolute Gasteiger partial charge is 0.466 e. The molecule has 4 rings (SSSR count). The van der Waals surface area contributed by atoms with Crippen molar-refractivity contribution in [3.63, 3.8) is 0 Å². The van der Waals surface area contributed by atoms with Crippen LogP contribution < -0.4 is 4.90 Å². The molecular formula is C27H30Cl2N2O3S2. The molecule has 2 aliphatic rings. The number of piperidine rings is 1. The number of esters is 1. The van der Waals surface area contributed by atoms with E-state index >= 15 is 0 Å². The molecule has 2 aromatic rings. The molecule has 2 saturated heterocycles.